The molecule has 1 aromatic rings. The molecule has 1 amide bonds. The van der Waals surface area contributed by atoms with Gasteiger partial charge in [0, 0.05) is 19.0 Å². The number of rotatable bonds is 7. The van der Waals surface area contributed by atoms with Crippen LogP contribution in [0.2, 0.25) is 0 Å². The molecular formula is C19H30N2O3. The van der Waals surface area contributed by atoms with Gasteiger partial charge in [-0.2, -0.15) is 0 Å². The number of nitrogens with zero attached hydrogens (tertiary/aromatic N) is 2. The van der Waals surface area contributed by atoms with Crippen molar-refractivity contribution in [2.45, 2.75) is 32.2 Å². The smallest absolute Gasteiger partial charge is 0.236 e. The summed E-state index contributed by atoms with van der Waals surface area (Å²) in [5.74, 6) is 0.0671. The Morgan fingerprint density at radius 3 is 2.58 bits per heavy atom. The maximum absolute atomic E-state index is 12.7. The second-order valence-electron chi connectivity index (χ2n) is 7.41. The van der Waals surface area contributed by atoms with Crippen molar-refractivity contribution in [3.63, 3.8) is 0 Å². The van der Waals surface area contributed by atoms with Crippen LogP contribution in [-0.4, -0.2) is 66.3 Å². The first-order valence-corrected chi connectivity index (χ1v) is 8.64. The van der Waals surface area contributed by atoms with Crippen molar-refractivity contribution in [2.75, 3.05) is 40.4 Å². The van der Waals surface area contributed by atoms with Crippen LogP contribution in [0.4, 0.5) is 0 Å². The minimum absolute atomic E-state index is 0.0671. The van der Waals surface area contributed by atoms with Gasteiger partial charge in [-0.25, -0.2) is 0 Å². The molecule has 0 bridgehead atoms. The van der Waals surface area contributed by atoms with Gasteiger partial charge in [0.25, 0.3) is 0 Å². The highest BCUT2D eigenvalue weighted by molar-refractivity contribution is 5.78. The molecule has 24 heavy (non-hydrogen) atoms. The molecule has 2 rings (SSSR count). The molecule has 0 saturated heterocycles. The molecule has 5 nitrogen and oxygen atoms in total. The number of likely N-dealkylation sites (N-methyl/N-ethyl adjacent to an activating group) is 2. The van der Waals surface area contributed by atoms with Gasteiger partial charge in [0.05, 0.1) is 25.8 Å². The summed E-state index contributed by atoms with van der Waals surface area (Å²) in [5, 5.41) is 18.8. The molecule has 0 aliphatic heterocycles. The number of carbonyl (C=O) groups is 1. The van der Waals surface area contributed by atoms with Gasteiger partial charge in [-0.15, -0.1) is 0 Å². The molecule has 1 aliphatic rings. The third-order valence-electron chi connectivity index (χ3n) is 5.02. The molecule has 0 heterocycles. The molecule has 0 spiro atoms. The predicted molar refractivity (Wildman–Crippen MR) is 94.7 cm³/mol. The average Bonchev–Trinajstić information content (AvgIpc) is 2.60. The Bertz CT molecular complexity index is 557. The molecule has 0 saturated carbocycles. The highest BCUT2D eigenvalue weighted by Crippen LogP contribution is 2.33. The fourth-order valence-electron chi connectivity index (χ4n) is 3.50. The molecule has 134 valence electrons. The lowest BCUT2D eigenvalue weighted by Crippen LogP contribution is -2.44. The maximum atomic E-state index is 12.7. The number of amides is 1. The summed E-state index contributed by atoms with van der Waals surface area (Å²) >= 11 is 0. The van der Waals surface area contributed by atoms with Crippen LogP contribution in [-0.2, 0) is 11.2 Å². The van der Waals surface area contributed by atoms with Crippen molar-refractivity contribution in [2.24, 2.45) is 5.41 Å². The molecule has 0 unspecified atom stereocenters. The summed E-state index contributed by atoms with van der Waals surface area (Å²) in [6.45, 7) is 2.36. The number of aliphatic hydroxyl groups is 2. The van der Waals surface area contributed by atoms with E-state index < -0.39 is 5.41 Å². The van der Waals surface area contributed by atoms with E-state index in [9.17, 15) is 15.0 Å². The molecule has 0 aromatic heterocycles. The minimum Gasteiger partial charge on any atom is -0.396 e. The quantitative estimate of drug-likeness (QED) is 0.792. The van der Waals surface area contributed by atoms with Gasteiger partial charge in [-0.1, -0.05) is 31.2 Å². The first-order chi connectivity index (χ1) is 11.4. The van der Waals surface area contributed by atoms with E-state index >= 15 is 0 Å². The van der Waals surface area contributed by atoms with Crippen molar-refractivity contribution in [1.29, 1.82) is 0 Å². The molecule has 0 fully saturated rings. The third kappa shape index (κ3) is 4.35. The van der Waals surface area contributed by atoms with E-state index in [4.69, 9.17) is 0 Å². The molecule has 2 N–H and O–H groups in total. The number of hydrogen-bond donors (Lipinski definition) is 2. The van der Waals surface area contributed by atoms with Crippen LogP contribution in [0.1, 0.15) is 36.9 Å². The summed E-state index contributed by atoms with van der Waals surface area (Å²) in [6, 6.07) is 8.51. The van der Waals surface area contributed by atoms with E-state index in [-0.39, 0.29) is 31.7 Å². The van der Waals surface area contributed by atoms with Gasteiger partial charge in [-0.3, -0.25) is 9.69 Å². The van der Waals surface area contributed by atoms with Crippen molar-refractivity contribution >= 4 is 5.91 Å². The van der Waals surface area contributed by atoms with Crippen molar-refractivity contribution in [3.8, 4) is 0 Å². The SMILES string of the molecule is CN(CC(=O)N(C)[C@H]1CCCc2ccccc21)CC(C)(CO)CO. The van der Waals surface area contributed by atoms with Crippen molar-refractivity contribution in [3.05, 3.63) is 35.4 Å². The zero-order chi connectivity index (χ0) is 17.7. The number of aliphatic hydroxyl groups excluding tert-OH is 2. The number of aryl methyl sites for hydroxylation is 1. The van der Waals surface area contributed by atoms with E-state index in [1.807, 2.05) is 36.9 Å². The van der Waals surface area contributed by atoms with Crippen LogP contribution >= 0.6 is 0 Å². The Hall–Kier alpha value is -1.43. The second kappa shape index (κ2) is 8.10. The Morgan fingerprint density at radius 2 is 1.92 bits per heavy atom. The molecule has 0 radical (unpaired) electrons. The molecule has 1 aliphatic carbocycles. The lowest BCUT2D eigenvalue weighted by Gasteiger charge is -2.35. The number of fused-ring (bicyclic) bond motifs is 1. The highest BCUT2D eigenvalue weighted by Gasteiger charge is 2.29. The van der Waals surface area contributed by atoms with Crippen LogP contribution in [0.25, 0.3) is 0 Å². The van der Waals surface area contributed by atoms with Crippen molar-refractivity contribution in [1.82, 2.24) is 9.80 Å². The first kappa shape index (κ1) is 18.9. The van der Waals surface area contributed by atoms with E-state index in [2.05, 4.69) is 18.2 Å². The standard InChI is InChI=1S/C19H30N2O3/c1-19(13-22,14-23)12-20(2)11-18(24)21(3)17-10-6-8-15-7-4-5-9-16(15)17/h4-5,7,9,17,22-23H,6,8,10-14H2,1-3H3/t17-/m0/s1. The van der Waals surface area contributed by atoms with E-state index in [0.717, 1.165) is 19.3 Å². The van der Waals surface area contributed by atoms with Gasteiger partial charge in [0.1, 0.15) is 0 Å². The Kier molecular flexibility index (Phi) is 6.38. The van der Waals surface area contributed by atoms with Crippen LogP contribution in [0.5, 0.6) is 0 Å². The van der Waals surface area contributed by atoms with Gasteiger partial charge in [0.2, 0.25) is 5.91 Å². The largest absolute Gasteiger partial charge is 0.396 e. The summed E-state index contributed by atoms with van der Waals surface area (Å²) in [4.78, 5) is 16.4. The predicted octanol–water partition coefficient (Wildman–Crippen LogP) is 1.45. The van der Waals surface area contributed by atoms with E-state index in [1.165, 1.54) is 11.1 Å². The molecular weight excluding hydrogens is 304 g/mol. The van der Waals surface area contributed by atoms with Gasteiger partial charge in [0.15, 0.2) is 0 Å². The van der Waals surface area contributed by atoms with Crippen LogP contribution in [0.3, 0.4) is 0 Å². The fraction of sp³-hybridized carbons (Fsp3) is 0.632. The summed E-state index contributed by atoms with van der Waals surface area (Å²) in [7, 11) is 3.73. The first-order valence-electron chi connectivity index (χ1n) is 8.64. The molecule has 1 atom stereocenters. The Morgan fingerprint density at radius 1 is 1.25 bits per heavy atom. The van der Waals surface area contributed by atoms with Gasteiger partial charge in [-0.05, 0) is 37.4 Å². The normalized spacial score (nSPS) is 17.7. The number of benzene rings is 1. The lowest BCUT2D eigenvalue weighted by molar-refractivity contribution is -0.133. The van der Waals surface area contributed by atoms with Gasteiger partial charge >= 0.3 is 0 Å². The van der Waals surface area contributed by atoms with Gasteiger partial charge < -0.3 is 15.1 Å². The molecule has 5 heteroatoms. The van der Waals surface area contributed by atoms with E-state index in [0.29, 0.717) is 6.54 Å². The minimum atomic E-state index is -0.592. The fourth-order valence-corrected chi connectivity index (χ4v) is 3.50. The maximum Gasteiger partial charge on any atom is 0.236 e. The highest BCUT2D eigenvalue weighted by atomic mass is 16.3. The van der Waals surface area contributed by atoms with E-state index in [1.54, 1.807) is 0 Å². The average molecular weight is 334 g/mol. The van der Waals surface area contributed by atoms with Crippen LogP contribution in [0.15, 0.2) is 24.3 Å². The topological polar surface area (TPSA) is 64.0 Å². The summed E-state index contributed by atoms with van der Waals surface area (Å²) in [6.07, 6.45) is 3.18. The van der Waals surface area contributed by atoms with Crippen LogP contribution in [0, 0.1) is 5.41 Å². The zero-order valence-electron chi connectivity index (χ0n) is 15.0. The van der Waals surface area contributed by atoms with Crippen LogP contribution < -0.4 is 0 Å². The number of carbonyl (C=O) groups excluding carboxylic acids is 1. The molecule has 1 aromatic carbocycles. The second-order valence-corrected chi connectivity index (χ2v) is 7.41. The summed E-state index contributed by atoms with van der Waals surface area (Å²) < 4.78 is 0. The zero-order valence-corrected chi connectivity index (χ0v) is 15.0. The Labute approximate surface area is 144 Å². The summed E-state index contributed by atoms with van der Waals surface area (Å²) in [5.41, 5.74) is 2.01. The monoisotopic (exact) mass is 334 g/mol. The van der Waals surface area contributed by atoms with Crippen molar-refractivity contribution < 1.29 is 15.0 Å². The Balaban J connectivity index is 2.00. The third-order valence-corrected chi connectivity index (χ3v) is 5.02. The number of hydrogen-bond acceptors (Lipinski definition) is 4. The lowest BCUT2D eigenvalue weighted by atomic mass is 9.87.